The maximum Gasteiger partial charge on any atom is 0.00671 e. The smallest absolute Gasteiger partial charge is 0.00671 e. The van der Waals surface area contributed by atoms with Gasteiger partial charge in [-0.3, -0.25) is 0 Å². The van der Waals surface area contributed by atoms with Crippen molar-refractivity contribution in [3.63, 3.8) is 0 Å². The highest BCUT2D eigenvalue weighted by Crippen LogP contribution is 2.18. The van der Waals surface area contributed by atoms with Crippen molar-refractivity contribution >= 4 is 0 Å². The second-order valence-electron chi connectivity index (χ2n) is 5.64. The van der Waals surface area contributed by atoms with Gasteiger partial charge >= 0.3 is 0 Å². The van der Waals surface area contributed by atoms with Crippen LogP contribution in [0.1, 0.15) is 57.8 Å². The van der Waals surface area contributed by atoms with Crippen LogP contribution in [0.15, 0.2) is 0 Å². The third kappa shape index (κ3) is 4.42. The van der Waals surface area contributed by atoms with E-state index in [-0.39, 0.29) is 0 Å². The van der Waals surface area contributed by atoms with Crippen LogP contribution in [-0.4, -0.2) is 25.7 Å². The van der Waals surface area contributed by atoms with Gasteiger partial charge in [0.05, 0.1) is 0 Å². The molecular formula is C14H28N2. The monoisotopic (exact) mass is 224 g/mol. The third-order valence-electron chi connectivity index (χ3n) is 4.25. The van der Waals surface area contributed by atoms with Gasteiger partial charge in [-0.1, -0.05) is 25.7 Å². The number of hydrogen-bond acceptors (Lipinski definition) is 2. The SMILES string of the molecule is C1CCCC(NCC2CCCNCC2)CC1. The standard InChI is InChI=1S/C14H28N2/c1-2-4-8-14(7-3-1)16-12-13-6-5-10-15-11-9-13/h13-16H,1-12H2. The molecule has 0 aromatic carbocycles. The molecule has 2 rings (SSSR count). The second-order valence-corrected chi connectivity index (χ2v) is 5.64. The Kier molecular flexibility index (Phi) is 5.64. The Hall–Kier alpha value is -0.0800. The summed E-state index contributed by atoms with van der Waals surface area (Å²) < 4.78 is 0. The number of rotatable bonds is 3. The first kappa shape index (κ1) is 12.4. The van der Waals surface area contributed by atoms with Gasteiger partial charge in [-0.15, -0.1) is 0 Å². The topological polar surface area (TPSA) is 24.1 Å². The van der Waals surface area contributed by atoms with Crippen LogP contribution in [0.5, 0.6) is 0 Å². The van der Waals surface area contributed by atoms with E-state index in [2.05, 4.69) is 10.6 Å². The van der Waals surface area contributed by atoms with Crippen molar-refractivity contribution in [2.75, 3.05) is 19.6 Å². The largest absolute Gasteiger partial charge is 0.317 e. The summed E-state index contributed by atoms with van der Waals surface area (Å²) in [6.07, 6.45) is 12.8. The number of hydrogen-bond donors (Lipinski definition) is 2. The van der Waals surface area contributed by atoms with Crippen LogP contribution in [0.3, 0.4) is 0 Å². The second kappa shape index (κ2) is 7.29. The van der Waals surface area contributed by atoms with E-state index in [0.717, 1.165) is 12.0 Å². The van der Waals surface area contributed by atoms with Crippen LogP contribution in [0, 0.1) is 5.92 Å². The van der Waals surface area contributed by atoms with E-state index >= 15 is 0 Å². The van der Waals surface area contributed by atoms with E-state index in [4.69, 9.17) is 0 Å². The van der Waals surface area contributed by atoms with E-state index < -0.39 is 0 Å². The Bertz CT molecular complexity index is 146. The fourth-order valence-corrected chi connectivity index (χ4v) is 3.11. The Morgan fingerprint density at radius 3 is 2.44 bits per heavy atom. The molecule has 94 valence electrons. The average molecular weight is 224 g/mol. The van der Waals surface area contributed by atoms with Crippen LogP contribution in [0.4, 0.5) is 0 Å². The summed E-state index contributed by atoms with van der Waals surface area (Å²) in [6, 6.07) is 0.832. The van der Waals surface area contributed by atoms with Crippen LogP contribution in [0.2, 0.25) is 0 Å². The molecule has 0 aromatic heterocycles. The molecule has 16 heavy (non-hydrogen) atoms. The third-order valence-corrected chi connectivity index (χ3v) is 4.25. The fraction of sp³-hybridized carbons (Fsp3) is 1.00. The van der Waals surface area contributed by atoms with Gasteiger partial charge in [0.25, 0.3) is 0 Å². The minimum absolute atomic E-state index is 0.832. The predicted octanol–water partition coefficient (Wildman–Crippen LogP) is 2.69. The quantitative estimate of drug-likeness (QED) is 0.720. The fourth-order valence-electron chi connectivity index (χ4n) is 3.11. The first-order valence-corrected chi connectivity index (χ1v) is 7.39. The van der Waals surface area contributed by atoms with Gasteiger partial charge in [0.1, 0.15) is 0 Å². The Balaban J connectivity index is 1.64. The van der Waals surface area contributed by atoms with Crippen LogP contribution in [-0.2, 0) is 0 Å². The normalized spacial score (nSPS) is 29.6. The van der Waals surface area contributed by atoms with Gasteiger partial charge in [0.2, 0.25) is 0 Å². The summed E-state index contributed by atoms with van der Waals surface area (Å²) in [5.74, 6) is 0.929. The predicted molar refractivity (Wildman–Crippen MR) is 69.7 cm³/mol. The molecule has 1 saturated carbocycles. The highest BCUT2D eigenvalue weighted by atomic mass is 14.9. The first-order valence-electron chi connectivity index (χ1n) is 7.39. The van der Waals surface area contributed by atoms with E-state index in [1.807, 2.05) is 0 Å². The van der Waals surface area contributed by atoms with E-state index in [1.165, 1.54) is 77.4 Å². The maximum absolute atomic E-state index is 3.83. The molecule has 2 N–H and O–H groups in total. The molecule has 1 unspecified atom stereocenters. The molecule has 0 amide bonds. The molecule has 0 aromatic rings. The van der Waals surface area contributed by atoms with Crippen molar-refractivity contribution in [1.82, 2.24) is 10.6 Å². The van der Waals surface area contributed by atoms with Crippen molar-refractivity contribution < 1.29 is 0 Å². The summed E-state index contributed by atoms with van der Waals surface area (Å²) >= 11 is 0. The van der Waals surface area contributed by atoms with Crippen LogP contribution < -0.4 is 10.6 Å². The van der Waals surface area contributed by atoms with Gasteiger partial charge in [-0.2, -0.15) is 0 Å². The lowest BCUT2D eigenvalue weighted by Crippen LogP contribution is -2.33. The lowest BCUT2D eigenvalue weighted by atomic mass is 9.99. The van der Waals surface area contributed by atoms with E-state index in [1.54, 1.807) is 0 Å². The molecule has 1 aliphatic heterocycles. The zero-order valence-corrected chi connectivity index (χ0v) is 10.6. The highest BCUT2D eigenvalue weighted by molar-refractivity contribution is 4.74. The van der Waals surface area contributed by atoms with Crippen molar-refractivity contribution in [3.8, 4) is 0 Å². The molecule has 2 fully saturated rings. The molecule has 1 heterocycles. The molecule has 2 heteroatoms. The van der Waals surface area contributed by atoms with Crippen molar-refractivity contribution in [2.24, 2.45) is 5.92 Å². The number of nitrogens with one attached hydrogen (secondary N) is 2. The zero-order chi connectivity index (χ0) is 11.1. The van der Waals surface area contributed by atoms with E-state index in [9.17, 15) is 0 Å². The van der Waals surface area contributed by atoms with Crippen molar-refractivity contribution in [2.45, 2.75) is 63.8 Å². The minimum atomic E-state index is 0.832. The lowest BCUT2D eigenvalue weighted by molar-refractivity contribution is 0.377. The molecule has 1 atom stereocenters. The highest BCUT2D eigenvalue weighted by Gasteiger charge is 2.15. The Morgan fingerprint density at radius 2 is 1.62 bits per heavy atom. The summed E-state index contributed by atoms with van der Waals surface area (Å²) in [6.45, 7) is 3.74. The summed E-state index contributed by atoms with van der Waals surface area (Å²) in [7, 11) is 0. The molecule has 0 radical (unpaired) electrons. The van der Waals surface area contributed by atoms with Crippen molar-refractivity contribution in [1.29, 1.82) is 0 Å². The van der Waals surface area contributed by atoms with Crippen LogP contribution >= 0.6 is 0 Å². The minimum Gasteiger partial charge on any atom is -0.317 e. The summed E-state index contributed by atoms with van der Waals surface area (Å²) in [5.41, 5.74) is 0. The molecule has 2 nitrogen and oxygen atoms in total. The zero-order valence-electron chi connectivity index (χ0n) is 10.6. The van der Waals surface area contributed by atoms with Crippen molar-refractivity contribution in [3.05, 3.63) is 0 Å². The molecule has 1 aliphatic carbocycles. The van der Waals surface area contributed by atoms with Gasteiger partial charge in [-0.25, -0.2) is 0 Å². The van der Waals surface area contributed by atoms with Gasteiger partial charge in [-0.05, 0) is 57.7 Å². The van der Waals surface area contributed by atoms with Gasteiger partial charge in [0.15, 0.2) is 0 Å². The lowest BCUT2D eigenvalue weighted by Gasteiger charge is -2.20. The molecule has 1 saturated heterocycles. The molecule has 0 bridgehead atoms. The van der Waals surface area contributed by atoms with Gasteiger partial charge in [0, 0.05) is 6.04 Å². The maximum atomic E-state index is 3.83. The first-order chi connectivity index (χ1) is 7.95. The summed E-state index contributed by atoms with van der Waals surface area (Å²) in [4.78, 5) is 0. The van der Waals surface area contributed by atoms with Gasteiger partial charge < -0.3 is 10.6 Å². The molecule has 2 aliphatic rings. The molecule has 0 spiro atoms. The summed E-state index contributed by atoms with van der Waals surface area (Å²) in [5, 5.41) is 7.33. The van der Waals surface area contributed by atoms with E-state index in [0.29, 0.717) is 0 Å². The van der Waals surface area contributed by atoms with Crippen LogP contribution in [0.25, 0.3) is 0 Å². The average Bonchev–Trinajstić information content (AvgIpc) is 2.71. The molecular weight excluding hydrogens is 196 g/mol. The Labute approximate surface area is 101 Å². The Morgan fingerprint density at radius 1 is 0.812 bits per heavy atom.